The maximum Gasteiger partial charge on any atom is 0.141 e. The number of halogens is 1. The second-order valence-electron chi connectivity index (χ2n) is 5.83. The largest absolute Gasteiger partial charge is 0.497 e. The van der Waals surface area contributed by atoms with Gasteiger partial charge in [-0.25, -0.2) is 4.98 Å². The molecule has 25 heavy (non-hydrogen) atoms. The minimum absolute atomic E-state index is 0.659. The summed E-state index contributed by atoms with van der Waals surface area (Å²) in [6.07, 6.45) is 0. The van der Waals surface area contributed by atoms with Crippen LogP contribution < -0.4 is 4.74 Å². The van der Waals surface area contributed by atoms with Crippen LogP contribution in [0.1, 0.15) is 5.56 Å². The monoisotopic (exact) mass is 348 g/mol. The maximum atomic E-state index is 6.38. The number of ether oxygens (including phenoxy) is 1. The molecule has 4 heteroatoms. The van der Waals surface area contributed by atoms with Crippen molar-refractivity contribution in [3.63, 3.8) is 0 Å². The minimum Gasteiger partial charge on any atom is -0.497 e. The molecule has 0 amide bonds. The summed E-state index contributed by atoms with van der Waals surface area (Å²) in [6, 6.07) is 24.0. The summed E-state index contributed by atoms with van der Waals surface area (Å²) in [6.45, 7) is 0.659. The normalized spacial score (nSPS) is 11.0. The standard InChI is InChI=1S/C21H17ClN2O/c1-25-17-9-6-8-15(13-17)21-23-19-11-4-5-12-20(19)24(21)14-16-7-2-3-10-18(16)22/h2-13H,14H2,1H3. The summed E-state index contributed by atoms with van der Waals surface area (Å²) in [7, 11) is 1.67. The van der Waals surface area contributed by atoms with Crippen LogP contribution in [0.15, 0.2) is 72.8 Å². The highest BCUT2D eigenvalue weighted by atomic mass is 35.5. The van der Waals surface area contributed by atoms with Crippen molar-refractivity contribution < 1.29 is 4.74 Å². The maximum absolute atomic E-state index is 6.38. The number of aromatic nitrogens is 2. The van der Waals surface area contributed by atoms with Gasteiger partial charge in [-0.3, -0.25) is 0 Å². The highest BCUT2D eigenvalue weighted by molar-refractivity contribution is 6.31. The zero-order chi connectivity index (χ0) is 17.2. The lowest BCUT2D eigenvalue weighted by Crippen LogP contribution is -2.03. The van der Waals surface area contributed by atoms with E-state index in [0.717, 1.165) is 38.8 Å². The Kier molecular flexibility index (Phi) is 4.16. The molecule has 1 heterocycles. The number of imidazole rings is 1. The van der Waals surface area contributed by atoms with Crippen LogP contribution in [-0.2, 0) is 6.54 Å². The molecule has 4 rings (SSSR count). The smallest absolute Gasteiger partial charge is 0.141 e. The molecule has 0 spiro atoms. The highest BCUT2D eigenvalue weighted by Gasteiger charge is 2.14. The van der Waals surface area contributed by atoms with Crippen molar-refractivity contribution in [3.05, 3.63) is 83.4 Å². The molecule has 0 aliphatic rings. The van der Waals surface area contributed by atoms with Gasteiger partial charge < -0.3 is 9.30 Å². The zero-order valence-electron chi connectivity index (χ0n) is 13.8. The van der Waals surface area contributed by atoms with Crippen LogP contribution in [0.4, 0.5) is 0 Å². The molecule has 0 atom stereocenters. The molecule has 1 aromatic heterocycles. The number of benzene rings is 3. The number of nitrogens with zero attached hydrogens (tertiary/aromatic N) is 2. The second-order valence-corrected chi connectivity index (χ2v) is 6.24. The van der Waals surface area contributed by atoms with Crippen LogP contribution in [-0.4, -0.2) is 16.7 Å². The molecule has 0 fully saturated rings. The summed E-state index contributed by atoms with van der Waals surface area (Å²) in [4.78, 5) is 4.85. The predicted octanol–water partition coefficient (Wildman–Crippen LogP) is 5.41. The zero-order valence-corrected chi connectivity index (χ0v) is 14.6. The molecule has 3 nitrogen and oxygen atoms in total. The Bertz CT molecular complexity index is 1040. The minimum atomic E-state index is 0.659. The fraction of sp³-hybridized carbons (Fsp3) is 0.0952. The quantitative estimate of drug-likeness (QED) is 0.492. The molecule has 4 aromatic rings. The van der Waals surface area contributed by atoms with Crippen molar-refractivity contribution in [2.75, 3.05) is 7.11 Å². The second kappa shape index (κ2) is 6.61. The summed E-state index contributed by atoms with van der Waals surface area (Å²) in [5, 5.41) is 0.761. The SMILES string of the molecule is COc1cccc(-c2nc3ccccc3n2Cc2ccccc2Cl)c1. The third kappa shape index (κ3) is 2.99. The topological polar surface area (TPSA) is 27.1 Å². The Morgan fingerprint density at radius 1 is 0.960 bits per heavy atom. The van der Waals surface area contributed by atoms with E-state index in [-0.39, 0.29) is 0 Å². The average Bonchev–Trinajstić information content (AvgIpc) is 3.02. The number of hydrogen-bond donors (Lipinski definition) is 0. The third-order valence-corrected chi connectivity index (χ3v) is 4.64. The average molecular weight is 349 g/mol. The van der Waals surface area contributed by atoms with Crippen molar-refractivity contribution in [3.8, 4) is 17.1 Å². The molecule has 0 N–H and O–H groups in total. The van der Waals surface area contributed by atoms with Crippen molar-refractivity contribution in [1.82, 2.24) is 9.55 Å². The first-order chi connectivity index (χ1) is 12.3. The molecule has 0 radical (unpaired) electrons. The number of rotatable bonds is 4. The molecule has 3 aromatic carbocycles. The van der Waals surface area contributed by atoms with E-state index in [9.17, 15) is 0 Å². The lowest BCUT2D eigenvalue weighted by molar-refractivity contribution is 0.415. The number of fused-ring (bicyclic) bond motifs is 1. The van der Waals surface area contributed by atoms with Gasteiger partial charge in [0.2, 0.25) is 0 Å². The third-order valence-electron chi connectivity index (χ3n) is 4.27. The van der Waals surface area contributed by atoms with E-state index in [1.54, 1.807) is 7.11 Å². The summed E-state index contributed by atoms with van der Waals surface area (Å²) < 4.78 is 7.57. The first kappa shape index (κ1) is 15.7. The van der Waals surface area contributed by atoms with Crippen molar-refractivity contribution in [1.29, 1.82) is 0 Å². The summed E-state index contributed by atoms with van der Waals surface area (Å²) >= 11 is 6.38. The number of para-hydroxylation sites is 2. The van der Waals surface area contributed by atoms with E-state index in [2.05, 4.69) is 10.6 Å². The van der Waals surface area contributed by atoms with Crippen LogP contribution in [0.3, 0.4) is 0 Å². The molecule has 0 unspecified atom stereocenters. The van der Waals surface area contributed by atoms with E-state index in [1.807, 2.05) is 66.7 Å². The van der Waals surface area contributed by atoms with E-state index in [0.29, 0.717) is 6.54 Å². The van der Waals surface area contributed by atoms with Crippen molar-refractivity contribution in [2.45, 2.75) is 6.54 Å². The molecular formula is C21H17ClN2O. The number of methoxy groups -OCH3 is 1. The van der Waals surface area contributed by atoms with E-state index in [1.165, 1.54) is 0 Å². The Morgan fingerprint density at radius 3 is 2.60 bits per heavy atom. The Hall–Kier alpha value is -2.78. The van der Waals surface area contributed by atoms with Crippen LogP contribution in [0.5, 0.6) is 5.75 Å². The first-order valence-electron chi connectivity index (χ1n) is 8.09. The fourth-order valence-electron chi connectivity index (χ4n) is 3.02. The fourth-order valence-corrected chi connectivity index (χ4v) is 3.21. The van der Waals surface area contributed by atoms with Gasteiger partial charge in [-0.2, -0.15) is 0 Å². The van der Waals surface area contributed by atoms with Gasteiger partial charge in [0.25, 0.3) is 0 Å². The summed E-state index contributed by atoms with van der Waals surface area (Å²) in [5.41, 5.74) is 4.13. The predicted molar refractivity (Wildman–Crippen MR) is 102 cm³/mol. The molecule has 0 bridgehead atoms. The van der Waals surface area contributed by atoms with Crippen LogP contribution in [0.25, 0.3) is 22.4 Å². The van der Waals surface area contributed by atoms with Gasteiger partial charge in [-0.1, -0.05) is 54.1 Å². The summed E-state index contributed by atoms with van der Waals surface area (Å²) in [5.74, 6) is 1.72. The van der Waals surface area contributed by atoms with Crippen LogP contribution >= 0.6 is 11.6 Å². The molecule has 0 saturated carbocycles. The van der Waals surface area contributed by atoms with Crippen LogP contribution in [0, 0.1) is 0 Å². The molecule has 0 aliphatic carbocycles. The van der Waals surface area contributed by atoms with E-state index >= 15 is 0 Å². The Labute approximate surface area is 151 Å². The van der Waals surface area contributed by atoms with Gasteiger partial charge in [0.1, 0.15) is 11.6 Å². The van der Waals surface area contributed by atoms with Gasteiger partial charge in [0.15, 0.2) is 0 Å². The number of hydrogen-bond acceptors (Lipinski definition) is 2. The van der Waals surface area contributed by atoms with Gasteiger partial charge in [0, 0.05) is 10.6 Å². The highest BCUT2D eigenvalue weighted by Crippen LogP contribution is 2.29. The molecular weight excluding hydrogens is 332 g/mol. The van der Waals surface area contributed by atoms with Crippen LogP contribution in [0.2, 0.25) is 5.02 Å². The lowest BCUT2D eigenvalue weighted by Gasteiger charge is -2.11. The Balaban J connectivity index is 1.90. The molecule has 0 aliphatic heterocycles. The Morgan fingerprint density at radius 2 is 1.76 bits per heavy atom. The van der Waals surface area contributed by atoms with Gasteiger partial charge >= 0.3 is 0 Å². The molecule has 0 saturated heterocycles. The van der Waals surface area contributed by atoms with E-state index < -0.39 is 0 Å². The first-order valence-corrected chi connectivity index (χ1v) is 8.47. The van der Waals surface area contributed by atoms with Gasteiger partial charge in [-0.05, 0) is 35.9 Å². The molecule has 124 valence electrons. The van der Waals surface area contributed by atoms with Gasteiger partial charge in [0.05, 0.1) is 24.7 Å². The van der Waals surface area contributed by atoms with Crippen molar-refractivity contribution in [2.24, 2.45) is 0 Å². The van der Waals surface area contributed by atoms with Crippen molar-refractivity contribution >= 4 is 22.6 Å². The van der Waals surface area contributed by atoms with Gasteiger partial charge in [-0.15, -0.1) is 0 Å². The van der Waals surface area contributed by atoms with E-state index in [4.69, 9.17) is 21.3 Å². The lowest BCUT2D eigenvalue weighted by atomic mass is 10.2.